The molecule has 104 valence electrons. The molecule has 2 aromatic rings. The zero-order chi connectivity index (χ0) is 14.7. The van der Waals surface area contributed by atoms with Crippen molar-refractivity contribution >= 4 is 12.2 Å². The summed E-state index contributed by atoms with van der Waals surface area (Å²) in [6, 6.07) is 6.47. The zero-order valence-electron chi connectivity index (χ0n) is 11.7. The number of nitrogens with zero attached hydrogens (tertiary/aromatic N) is 1. The normalized spacial score (nSPS) is 11.1. The number of aryl methyl sites for hydroxylation is 2. The van der Waals surface area contributed by atoms with Gasteiger partial charge in [0, 0.05) is 18.2 Å². The van der Waals surface area contributed by atoms with E-state index in [1.165, 1.54) is 19.2 Å². The first-order valence-corrected chi connectivity index (χ1v) is 6.18. The van der Waals surface area contributed by atoms with E-state index in [9.17, 15) is 8.78 Å². The first-order chi connectivity index (χ1) is 9.51. The Hall–Kier alpha value is -2.23. The molecule has 0 atom stereocenters. The molecule has 1 heterocycles. The molecule has 2 nitrogen and oxygen atoms in total. The second kappa shape index (κ2) is 5.82. The Labute approximate surface area is 116 Å². The smallest absolute Gasteiger partial charge is 0.205 e. The van der Waals surface area contributed by atoms with E-state index in [0.717, 1.165) is 11.3 Å². The van der Waals surface area contributed by atoms with Crippen LogP contribution >= 0.6 is 0 Å². The van der Waals surface area contributed by atoms with Crippen molar-refractivity contribution in [3.05, 3.63) is 58.9 Å². The molecular weight excluding hydrogens is 260 g/mol. The van der Waals surface area contributed by atoms with Crippen LogP contribution in [0.1, 0.15) is 16.8 Å². The van der Waals surface area contributed by atoms with E-state index in [0.29, 0.717) is 5.56 Å². The summed E-state index contributed by atoms with van der Waals surface area (Å²) in [5, 5.41) is 0. The molecule has 0 aliphatic carbocycles. The molecular formula is C16H16F2NO+. The second-order valence-corrected chi connectivity index (χ2v) is 4.59. The van der Waals surface area contributed by atoms with Crippen LogP contribution in [-0.2, 0) is 7.05 Å². The number of methoxy groups -OCH3 is 1. The minimum atomic E-state index is -0.708. The van der Waals surface area contributed by atoms with Crippen molar-refractivity contribution in [2.75, 3.05) is 7.11 Å². The molecule has 0 unspecified atom stereocenters. The van der Waals surface area contributed by atoms with Crippen LogP contribution in [0.15, 0.2) is 30.5 Å². The van der Waals surface area contributed by atoms with Crippen LogP contribution in [0.2, 0.25) is 0 Å². The third-order valence-corrected chi connectivity index (χ3v) is 3.02. The zero-order valence-corrected chi connectivity index (χ0v) is 11.7. The summed E-state index contributed by atoms with van der Waals surface area (Å²) in [7, 11) is 3.15. The minimum Gasteiger partial charge on any atom is -0.491 e. The lowest BCUT2D eigenvalue weighted by atomic mass is 10.1. The van der Waals surface area contributed by atoms with Crippen molar-refractivity contribution < 1.29 is 18.1 Å². The van der Waals surface area contributed by atoms with Crippen LogP contribution in [0, 0.1) is 18.6 Å². The monoisotopic (exact) mass is 276 g/mol. The van der Waals surface area contributed by atoms with Crippen LogP contribution in [0.25, 0.3) is 12.2 Å². The average Bonchev–Trinajstić information content (AvgIpc) is 2.39. The number of hydrogen-bond acceptors (Lipinski definition) is 1. The SMILES string of the molecule is COc1c(F)cc(/C=C/c2cc(C)cc[n+]2C)cc1F. The van der Waals surface area contributed by atoms with Crippen molar-refractivity contribution in [3.8, 4) is 5.75 Å². The molecule has 1 aromatic carbocycles. The molecule has 0 N–H and O–H groups in total. The largest absolute Gasteiger partial charge is 0.491 e. The summed E-state index contributed by atoms with van der Waals surface area (Å²) in [6.07, 6.45) is 5.41. The minimum absolute atomic E-state index is 0.358. The third-order valence-electron chi connectivity index (χ3n) is 3.02. The number of hydrogen-bond donors (Lipinski definition) is 0. The molecule has 0 aliphatic heterocycles. The molecule has 1 aromatic heterocycles. The molecule has 0 radical (unpaired) electrons. The Bertz CT molecular complexity index is 643. The van der Waals surface area contributed by atoms with Gasteiger partial charge in [-0.25, -0.2) is 13.3 Å². The highest BCUT2D eigenvalue weighted by molar-refractivity contribution is 5.67. The highest BCUT2D eigenvalue weighted by Gasteiger charge is 2.10. The molecule has 4 heteroatoms. The highest BCUT2D eigenvalue weighted by atomic mass is 19.1. The summed E-state index contributed by atoms with van der Waals surface area (Å²) < 4.78 is 33.7. The molecule has 2 rings (SSSR count). The number of pyridine rings is 1. The lowest BCUT2D eigenvalue weighted by Crippen LogP contribution is -2.30. The lowest BCUT2D eigenvalue weighted by molar-refractivity contribution is -0.673. The van der Waals surface area contributed by atoms with Crippen molar-refractivity contribution in [2.45, 2.75) is 6.92 Å². The van der Waals surface area contributed by atoms with Crippen molar-refractivity contribution in [1.29, 1.82) is 0 Å². The molecule has 0 amide bonds. The fourth-order valence-corrected chi connectivity index (χ4v) is 1.92. The van der Waals surface area contributed by atoms with Crippen molar-refractivity contribution in [1.82, 2.24) is 0 Å². The maximum Gasteiger partial charge on any atom is 0.205 e. The lowest BCUT2D eigenvalue weighted by Gasteiger charge is -2.04. The molecule has 0 bridgehead atoms. The number of aromatic nitrogens is 1. The van der Waals surface area contributed by atoms with Gasteiger partial charge in [-0.05, 0) is 36.3 Å². The molecule has 0 aliphatic rings. The van der Waals surface area contributed by atoms with Gasteiger partial charge in [0.15, 0.2) is 23.6 Å². The Kier molecular flexibility index (Phi) is 4.13. The van der Waals surface area contributed by atoms with E-state index in [1.807, 2.05) is 42.9 Å². The van der Waals surface area contributed by atoms with Gasteiger partial charge in [-0.2, -0.15) is 0 Å². The molecule has 0 saturated heterocycles. The van der Waals surface area contributed by atoms with Gasteiger partial charge in [0.1, 0.15) is 7.05 Å². The third kappa shape index (κ3) is 3.02. The van der Waals surface area contributed by atoms with E-state index >= 15 is 0 Å². The summed E-state index contributed by atoms with van der Waals surface area (Å²) in [6.45, 7) is 1.99. The van der Waals surface area contributed by atoms with E-state index in [4.69, 9.17) is 0 Å². The maximum atomic E-state index is 13.6. The number of rotatable bonds is 3. The Balaban J connectivity index is 2.34. The molecule has 20 heavy (non-hydrogen) atoms. The van der Waals surface area contributed by atoms with E-state index in [1.54, 1.807) is 6.08 Å². The average molecular weight is 276 g/mol. The standard InChI is InChI=1S/C16H16F2NO/c1-11-6-7-19(2)13(8-11)5-4-12-9-14(17)16(20-3)15(18)10-12/h4-10H,1-3H3/q+1/b5-4+. The Morgan fingerprint density at radius 2 is 1.75 bits per heavy atom. The van der Waals surface area contributed by atoms with Crippen LogP contribution < -0.4 is 9.30 Å². The first kappa shape index (κ1) is 14.2. The van der Waals surface area contributed by atoms with Gasteiger partial charge in [0.2, 0.25) is 5.69 Å². The quantitative estimate of drug-likeness (QED) is 0.784. The topological polar surface area (TPSA) is 13.1 Å². The number of benzene rings is 1. The van der Waals surface area contributed by atoms with Crippen LogP contribution in [0.3, 0.4) is 0 Å². The predicted octanol–water partition coefficient (Wildman–Crippen LogP) is 3.28. The van der Waals surface area contributed by atoms with Crippen molar-refractivity contribution in [2.24, 2.45) is 7.05 Å². The summed E-state index contributed by atoms with van der Waals surface area (Å²) in [4.78, 5) is 0. The second-order valence-electron chi connectivity index (χ2n) is 4.59. The van der Waals surface area contributed by atoms with Gasteiger partial charge in [0.05, 0.1) is 7.11 Å². The summed E-state index contributed by atoms with van der Waals surface area (Å²) in [5.41, 5.74) is 2.51. The fourth-order valence-electron chi connectivity index (χ4n) is 1.92. The predicted molar refractivity (Wildman–Crippen MR) is 74.2 cm³/mol. The van der Waals surface area contributed by atoms with Crippen molar-refractivity contribution in [3.63, 3.8) is 0 Å². The summed E-state index contributed by atoms with van der Waals surface area (Å²) in [5.74, 6) is -1.77. The van der Waals surface area contributed by atoms with Crippen LogP contribution in [0.5, 0.6) is 5.75 Å². The van der Waals surface area contributed by atoms with Gasteiger partial charge < -0.3 is 4.74 Å². The van der Waals surface area contributed by atoms with Gasteiger partial charge in [-0.3, -0.25) is 0 Å². The number of ether oxygens (including phenoxy) is 1. The molecule has 0 spiro atoms. The molecule has 0 fully saturated rings. The fraction of sp³-hybridized carbons (Fsp3) is 0.188. The highest BCUT2D eigenvalue weighted by Crippen LogP contribution is 2.23. The number of halogens is 2. The first-order valence-electron chi connectivity index (χ1n) is 6.18. The van der Waals surface area contributed by atoms with E-state index in [-0.39, 0.29) is 5.75 Å². The van der Waals surface area contributed by atoms with Gasteiger partial charge in [-0.15, -0.1) is 0 Å². The Morgan fingerprint density at radius 1 is 1.10 bits per heavy atom. The Morgan fingerprint density at radius 3 is 2.35 bits per heavy atom. The van der Waals surface area contributed by atoms with Gasteiger partial charge in [0.25, 0.3) is 0 Å². The maximum absolute atomic E-state index is 13.6. The molecule has 0 saturated carbocycles. The van der Waals surface area contributed by atoms with Gasteiger partial charge >= 0.3 is 0 Å². The van der Waals surface area contributed by atoms with Crippen LogP contribution in [0.4, 0.5) is 8.78 Å². The summed E-state index contributed by atoms with van der Waals surface area (Å²) >= 11 is 0. The van der Waals surface area contributed by atoms with Gasteiger partial charge in [-0.1, -0.05) is 0 Å². The van der Waals surface area contributed by atoms with Crippen LogP contribution in [-0.4, -0.2) is 7.11 Å². The van der Waals surface area contributed by atoms with E-state index < -0.39 is 11.6 Å². The van der Waals surface area contributed by atoms with E-state index in [2.05, 4.69) is 4.74 Å².